The highest BCUT2D eigenvalue weighted by molar-refractivity contribution is 5.87. The number of hydrogen-bond donors (Lipinski definition) is 1. The Kier molecular flexibility index (Phi) is 11.1. The first kappa shape index (κ1) is 24.1. The maximum atomic E-state index is 12.0. The number of nitrogens with one attached hydrogen (secondary N) is 1. The van der Waals surface area contributed by atoms with Crippen molar-refractivity contribution < 1.29 is 19.3 Å². The minimum atomic E-state index is -0.752. The van der Waals surface area contributed by atoms with Crippen LogP contribution in [0, 0.1) is 0 Å². The Balaban J connectivity index is 2.49. The first-order valence-electron chi connectivity index (χ1n) is 10.6. The van der Waals surface area contributed by atoms with Crippen LogP contribution in [0.2, 0.25) is 0 Å². The fourth-order valence-corrected chi connectivity index (χ4v) is 3.00. The number of carbonyl (C=O) groups is 1. The van der Waals surface area contributed by atoms with E-state index in [9.17, 15) is 4.79 Å². The van der Waals surface area contributed by atoms with Gasteiger partial charge in [0.2, 0.25) is 11.7 Å². The molecule has 6 nitrogen and oxygen atoms in total. The van der Waals surface area contributed by atoms with Crippen LogP contribution in [0.3, 0.4) is 0 Å². The molecular formula is C21H40N2O4. The lowest BCUT2D eigenvalue weighted by atomic mass is 10.0. The molecule has 0 saturated carbocycles. The molecular weight excluding hydrogens is 344 g/mol. The van der Waals surface area contributed by atoms with Crippen molar-refractivity contribution in [1.82, 2.24) is 10.2 Å². The molecule has 1 N–H and O–H groups in total. The van der Waals surface area contributed by atoms with Crippen LogP contribution in [0.1, 0.15) is 73.1 Å². The highest BCUT2D eigenvalue weighted by Crippen LogP contribution is 2.35. The maximum absolute atomic E-state index is 12.0. The monoisotopic (exact) mass is 384 g/mol. The van der Waals surface area contributed by atoms with E-state index in [4.69, 9.17) is 14.5 Å². The number of rotatable bonds is 13. The second-order valence-electron chi connectivity index (χ2n) is 7.54. The maximum Gasteiger partial charge on any atom is 0.243 e. The van der Waals surface area contributed by atoms with Crippen LogP contribution in [0.15, 0.2) is 12.2 Å². The fourth-order valence-electron chi connectivity index (χ4n) is 3.00. The molecule has 1 unspecified atom stereocenters. The molecule has 0 aromatic heterocycles. The molecule has 158 valence electrons. The van der Waals surface area contributed by atoms with Crippen LogP contribution in [0.4, 0.5) is 0 Å². The van der Waals surface area contributed by atoms with Crippen LogP contribution in [0.25, 0.3) is 0 Å². The second-order valence-corrected chi connectivity index (χ2v) is 7.54. The minimum Gasteiger partial charge on any atom is -0.351 e. The molecule has 0 bridgehead atoms. The van der Waals surface area contributed by atoms with E-state index in [0.717, 1.165) is 58.2 Å². The summed E-state index contributed by atoms with van der Waals surface area (Å²) in [6, 6.07) is 0. The third kappa shape index (κ3) is 8.73. The third-order valence-electron chi connectivity index (χ3n) is 5.04. The molecule has 6 heteroatoms. The largest absolute Gasteiger partial charge is 0.351 e. The first-order chi connectivity index (χ1) is 12.9. The molecule has 0 aromatic carbocycles. The normalized spacial score (nSPS) is 22.4. The van der Waals surface area contributed by atoms with Crippen molar-refractivity contribution in [2.45, 2.75) is 84.5 Å². The van der Waals surface area contributed by atoms with E-state index < -0.39 is 11.4 Å². The van der Waals surface area contributed by atoms with Gasteiger partial charge in [-0.15, -0.1) is 0 Å². The van der Waals surface area contributed by atoms with Gasteiger partial charge < -0.3 is 15.0 Å². The highest BCUT2D eigenvalue weighted by Gasteiger charge is 2.42. The number of hydrogen-bond acceptors (Lipinski definition) is 5. The van der Waals surface area contributed by atoms with Gasteiger partial charge in [0, 0.05) is 32.0 Å². The van der Waals surface area contributed by atoms with Crippen molar-refractivity contribution in [3.05, 3.63) is 12.2 Å². The average molecular weight is 385 g/mol. The Hall–Kier alpha value is -0.950. The Morgan fingerprint density at radius 1 is 1.07 bits per heavy atom. The summed E-state index contributed by atoms with van der Waals surface area (Å²) in [5.74, 6) is -0.772. The molecule has 1 heterocycles. The van der Waals surface area contributed by atoms with Crippen molar-refractivity contribution in [2.24, 2.45) is 0 Å². The van der Waals surface area contributed by atoms with Crippen molar-refractivity contribution in [3.8, 4) is 0 Å². The van der Waals surface area contributed by atoms with E-state index in [1.54, 1.807) is 6.08 Å². The quantitative estimate of drug-likeness (QED) is 0.386. The van der Waals surface area contributed by atoms with Crippen LogP contribution in [-0.4, -0.2) is 55.0 Å². The fraction of sp³-hybridized carbons (Fsp3) is 0.857. The average Bonchev–Trinajstić information content (AvgIpc) is 2.69. The lowest BCUT2D eigenvalue weighted by molar-refractivity contribution is -0.503. The zero-order valence-corrected chi connectivity index (χ0v) is 18.0. The molecule has 1 amide bonds. The van der Waals surface area contributed by atoms with Crippen molar-refractivity contribution >= 4 is 5.91 Å². The molecule has 0 aromatic rings. The first-order valence-corrected chi connectivity index (χ1v) is 10.6. The van der Waals surface area contributed by atoms with Gasteiger partial charge >= 0.3 is 0 Å². The number of nitrogens with zero attached hydrogens (tertiary/aromatic N) is 1. The molecule has 1 aliphatic rings. The van der Waals surface area contributed by atoms with Gasteiger partial charge in [-0.3, -0.25) is 4.79 Å². The van der Waals surface area contributed by atoms with Crippen LogP contribution in [0.5, 0.6) is 0 Å². The third-order valence-corrected chi connectivity index (χ3v) is 5.04. The number of amides is 1. The summed E-state index contributed by atoms with van der Waals surface area (Å²) in [7, 11) is 0. The van der Waals surface area contributed by atoms with Gasteiger partial charge in [-0.25, -0.2) is 9.78 Å². The number of likely N-dealkylation sites (N-methyl/N-ethyl adjacent to an activating group) is 1. The van der Waals surface area contributed by atoms with Crippen molar-refractivity contribution in [1.29, 1.82) is 0 Å². The van der Waals surface area contributed by atoms with E-state index >= 15 is 0 Å². The molecule has 1 saturated heterocycles. The van der Waals surface area contributed by atoms with Gasteiger partial charge in [0.25, 0.3) is 0 Å². The van der Waals surface area contributed by atoms with E-state index in [1.165, 1.54) is 6.08 Å². The van der Waals surface area contributed by atoms with Gasteiger partial charge in [-0.2, -0.15) is 0 Å². The molecule has 1 fully saturated rings. The molecule has 0 aliphatic carbocycles. The van der Waals surface area contributed by atoms with E-state index in [-0.39, 0.29) is 5.91 Å². The van der Waals surface area contributed by atoms with Gasteiger partial charge in [-0.05, 0) is 38.9 Å². The standard InChI is InChI=1S/C21H40N2O4/c1-6-10-13-21(14-11-7-2)25-18-20(5,26-27-21)15-12-19(24)22-16-17-23(8-3)9-4/h12,15H,6-11,13-14,16-18H2,1-5H3,(H,22,24)/b15-12+. The van der Waals surface area contributed by atoms with Gasteiger partial charge in [0.15, 0.2) is 0 Å². The highest BCUT2D eigenvalue weighted by atomic mass is 17.2. The van der Waals surface area contributed by atoms with Gasteiger partial charge in [0.05, 0.1) is 6.61 Å². The number of carbonyl (C=O) groups excluding carboxylic acids is 1. The SMILES string of the molecule is CCCCC1(CCCC)OCC(C)(/C=C/C(=O)NCCN(CC)CC)OO1. The number of unbranched alkanes of at least 4 members (excludes halogenated alkanes) is 2. The second kappa shape index (κ2) is 12.5. The van der Waals surface area contributed by atoms with Gasteiger partial charge in [-0.1, -0.05) is 40.5 Å². The molecule has 27 heavy (non-hydrogen) atoms. The smallest absolute Gasteiger partial charge is 0.243 e. The predicted octanol–water partition coefficient (Wildman–Crippen LogP) is 3.81. The van der Waals surface area contributed by atoms with E-state index in [2.05, 4.69) is 37.9 Å². The lowest BCUT2D eigenvalue weighted by Gasteiger charge is -2.42. The van der Waals surface area contributed by atoms with Crippen molar-refractivity contribution in [3.63, 3.8) is 0 Å². The summed E-state index contributed by atoms with van der Waals surface area (Å²) in [6.45, 7) is 14.3. The lowest BCUT2D eigenvalue weighted by Crippen LogP contribution is -2.50. The van der Waals surface area contributed by atoms with Gasteiger partial charge in [0.1, 0.15) is 5.60 Å². The number of ether oxygens (including phenoxy) is 1. The van der Waals surface area contributed by atoms with Crippen LogP contribution < -0.4 is 5.32 Å². The Bertz CT molecular complexity index is 431. The van der Waals surface area contributed by atoms with Crippen molar-refractivity contribution in [2.75, 3.05) is 32.8 Å². The van der Waals surface area contributed by atoms with Crippen LogP contribution in [-0.2, 0) is 19.3 Å². The van der Waals surface area contributed by atoms with Crippen LogP contribution >= 0.6 is 0 Å². The topological polar surface area (TPSA) is 60.0 Å². The molecule has 1 atom stereocenters. The summed E-state index contributed by atoms with van der Waals surface area (Å²) >= 11 is 0. The Morgan fingerprint density at radius 3 is 2.19 bits per heavy atom. The molecule has 0 radical (unpaired) electrons. The Labute approximate surface area is 165 Å². The minimum absolute atomic E-state index is 0.124. The summed E-state index contributed by atoms with van der Waals surface area (Å²) in [5.41, 5.74) is -0.752. The zero-order valence-electron chi connectivity index (χ0n) is 18.0. The zero-order chi connectivity index (χ0) is 20.2. The molecule has 0 spiro atoms. The van der Waals surface area contributed by atoms with E-state index in [0.29, 0.717) is 13.2 Å². The van der Waals surface area contributed by atoms with E-state index in [1.807, 2.05) is 6.92 Å². The molecule has 1 rings (SSSR count). The summed E-state index contributed by atoms with van der Waals surface area (Å²) in [6.07, 6.45) is 9.15. The Morgan fingerprint density at radius 2 is 1.70 bits per heavy atom. The summed E-state index contributed by atoms with van der Waals surface area (Å²) in [5, 5.41) is 2.91. The molecule has 1 aliphatic heterocycles. The summed E-state index contributed by atoms with van der Waals surface area (Å²) < 4.78 is 6.12. The summed E-state index contributed by atoms with van der Waals surface area (Å²) in [4.78, 5) is 25.8. The predicted molar refractivity (Wildman–Crippen MR) is 108 cm³/mol.